The summed E-state index contributed by atoms with van der Waals surface area (Å²) in [6, 6.07) is 25.8. The van der Waals surface area contributed by atoms with Crippen LogP contribution in [-0.2, 0) is 23.2 Å². The smallest absolute Gasteiger partial charge is 0.329 e. The number of carbonyl (C=O) groups excluding carboxylic acids is 3. The number of unbranched alkanes of at least 4 members (excludes halogenated alkanes) is 1. The van der Waals surface area contributed by atoms with E-state index in [-0.39, 0.29) is 42.9 Å². The molecule has 2 aliphatic heterocycles. The van der Waals surface area contributed by atoms with Crippen LogP contribution in [0.15, 0.2) is 84.9 Å². The summed E-state index contributed by atoms with van der Waals surface area (Å²) >= 11 is 0. The lowest BCUT2D eigenvalue weighted by Gasteiger charge is -2.34. The molecule has 4 amide bonds. The van der Waals surface area contributed by atoms with Crippen molar-refractivity contribution in [1.29, 1.82) is 0 Å². The number of nitrogens with zero attached hydrogens (tertiary/aromatic N) is 6. The van der Waals surface area contributed by atoms with E-state index in [0.717, 1.165) is 82.4 Å². The largest absolute Gasteiger partial charge is 0.508 e. The van der Waals surface area contributed by atoms with Gasteiger partial charge in [0.2, 0.25) is 5.91 Å². The molecule has 0 saturated carbocycles. The van der Waals surface area contributed by atoms with Crippen molar-refractivity contribution in [3.63, 3.8) is 0 Å². The molecule has 6 aromatic rings. The van der Waals surface area contributed by atoms with E-state index in [9.17, 15) is 24.6 Å². The molecule has 4 heterocycles. The van der Waals surface area contributed by atoms with Gasteiger partial charge < -0.3 is 29.2 Å². The Labute approximate surface area is 335 Å². The molecule has 0 spiro atoms. The Hall–Kier alpha value is -6.54. The van der Waals surface area contributed by atoms with Crippen LogP contribution < -0.4 is 19.7 Å². The van der Waals surface area contributed by atoms with Crippen molar-refractivity contribution in [2.75, 3.05) is 57.4 Å². The third-order valence-electron chi connectivity index (χ3n) is 11.0. The first-order valence-corrected chi connectivity index (χ1v) is 19.7. The van der Waals surface area contributed by atoms with E-state index in [0.29, 0.717) is 37.8 Å². The van der Waals surface area contributed by atoms with Gasteiger partial charge in [-0.3, -0.25) is 29.4 Å². The number of ether oxygens (including phenoxy) is 2. The molecule has 2 fully saturated rings. The van der Waals surface area contributed by atoms with Gasteiger partial charge in [-0.25, -0.2) is 4.79 Å². The lowest BCUT2D eigenvalue weighted by atomic mass is 10.1. The van der Waals surface area contributed by atoms with Crippen molar-refractivity contribution in [1.82, 2.24) is 29.5 Å². The second kappa shape index (κ2) is 16.5. The van der Waals surface area contributed by atoms with Crippen LogP contribution in [0.1, 0.15) is 30.4 Å². The van der Waals surface area contributed by atoms with E-state index < -0.39 is 6.03 Å². The number of amides is 4. The van der Waals surface area contributed by atoms with Crippen LogP contribution in [0.4, 0.5) is 10.6 Å². The highest BCUT2D eigenvalue weighted by molar-refractivity contribution is 6.09. The summed E-state index contributed by atoms with van der Waals surface area (Å²) in [5, 5.41) is 28.7. The molecule has 3 N–H and O–H groups in total. The second-order valence-corrected chi connectivity index (χ2v) is 14.9. The summed E-state index contributed by atoms with van der Waals surface area (Å²) in [5.74, 6) is 1.92. The van der Waals surface area contributed by atoms with Crippen LogP contribution in [0.3, 0.4) is 0 Å². The minimum atomic E-state index is -0.490. The number of urea groups is 1. The average Bonchev–Trinajstić information content (AvgIpc) is 3.69. The number of hydrogen-bond acceptors (Lipinski definition) is 9. The first-order valence-electron chi connectivity index (χ1n) is 19.7. The number of phenols is 2. The number of anilines is 1. The van der Waals surface area contributed by atoms with Gasteiger partial charge in [-0.15, -0.1) is 0 Å². The maximum absolute atomic E-state index is 13.0. The Morgan fingerprint density at radius 2 is 1.53 bits per heavy atom. The van der Waals surface area contributed by atoms with E-state index in [2.05, 4.69) is 38.9 Å². The maximum atomic E-state index is 13.0. The van der Waals surface area contributed by atoms with E-state index >= 15 is 0 Å². The van der Waals surface area contributed by atoms with Gasteiger partial charge in [0.25, 0.3) is 5.91 Å². The molecule has 2 aliphatic rings. The van der Waals surface area contributed by atoms with Gasteiger partial charge in [-0.05, 0) is 110 Å². The summed E-state index contributed by atoms with van der Waals surface area (Å²) < 4.78 is 15.9. The molecule has 8 rings (SSSR count). The van der Waals surface area contributed by atoms with E-state index in [1.807, 2.05) is 41.3 Å². The van der Waals surface area contributed by atoms with Crippen molar-refractivity contribution >= 4 is 45.5 Å². The van der Waals surface area contributed by atoms with E-state index in [1.165, 1.54) is 4.90 Å². The number of rotatable bonds is 13. The van der Waals surface area contributed by atoms with E-state index in [1.54, 1.807) is 48.1 Å². The average molecular weight is 786 g/mol. The van der Waals surface area contributed by atoms with E-state index in [4.69, 9.17) is 9.47 Å². The van der Waals surface area contributed by atoms with Gasteiger partial charge in [-0.2, -0.15) is 5.10 Å². The first kappa shape index (κ1) is 38.3. The molecular weight excluding hydrogens is 739 g/mol. The summed E-state index contributed by atoms with van der Waals surface area (Å²) in [7, 11) is 1.78. The number of hydrogen-bond donors (Lipinski definition) is 3. The summed E-state index contributed by atoms with van der Waals surface area (Å²) in [6.45, 7) is 7.34. The zero-order valence-corrected chi connectivity index (χ0v) is 32.7. The van der Waals surface area contributed by atoms with Crippen LogP contribution in [-0.4, -0.2) is 105 Å². The van der Waals surface area contributed by atoms with Gasteiger partial charge in [0.05, 0.1) is 17.8 Å². The van der Waals surface area contributed by atoms with Gasteiger partial charge in [0.15, 0.2) is 12.4 Å². The second-order valence-electron chi connectivity index (χ2n) is 14.9. The minimum absolute atomic E-state index is 0.0607. The lowest BCUT2D eigenvalue weighted by Crippen LogP contribution is -2.50. The monoisotopic (exact) mass is 785 g/mol. The Morgan fingerprint density at radius 1 is 0.793 bits per heavy atom. The molecule has 0 unspecified atom stereocenters. The Balaban J connectivity index is 0.764. The summed E-state index contributed by atoms with van der Waals surface area (Å²) in [5.41, 5.74) is 6.00. The topological polar surface area (TPSA) is 155 Å². The molecule has 0 bridgehead atoms. The number of benzene rings is 4. The molecule has 300 valence electrons. The van der Waals surface area contributed by atoms with Crippen LogP contribution in [0.25, 0.3) is 33.1 Å². The zero-order valence-electron chi connectivity index (χ0n) is 32.7. The van der Waals surface area contributed by atoms with Crippen LogP contribution >= 0.6 is 0 Å². The predicted molar refractivity (Wildman–Crippen MR) is 220 cm³/mol. The van der Waals surface area contributed by atoms with Gasteiger partial charge in [0.1, 0.15) is 23.0 Å². The normalized spacial score (nSPS) is 15.0. The predicted octanol–water partition coefficient (Wildman–Crippen LogP) is 5.79. The molecule has 0 radical (unpaired) electrons. The third-order valence-corrected chi connectivity index (χ3v) is 11.0. The molecule has 0 atom stereocenters. The molecule has 4 aromatic carbocycles. The number of imide groups is 1. The highest BCUT2D eigenvalue weighted by atomic mass is 16.5. The zero-order chi connectivity index (χ0) is 40.3. The third kappa shape index (κ3) is 8.14. The number of piperazine rings is 1. The number of aryl methyl sites for hydroxylation is 2. The quantitative estimate of drug-likeness (QED) is 0.124. The number of fused-ring (bicyclic) bond motifs is 2. The van der Waals surface area contributed by atoms with Gasteiger partial charge in [-0.1, -0.05) is 12.1 Å². The number of phenolic OH excluding ortho intramolecular Hbond substituents is 2. The van der Waals surface area contributed by atoms with Crippen LogP contribution in [0, 0.1) is 6.92 Å². The molecule has 0 aliphatic carbocycles. The molecule has 14 heteroatoms. The summed E-state index contributed by atoms with van der Waals surface area (Å²) in [6.07, 6.45) is 2.12. The van der Waals surface area contributed by atoms with Crippen molar-refractivity contribution in [3.05, 3.63) is 96.1 Å². The molecule has 2 saturated heterocycles. The standard InChI is InChI=1S/C44H47N7O7/c1-29-37-25-33(53)11-16-38(37)51(42(29)31-7-9-32(52)10-8-31)27-30-5-12-34(13-6-30)57-24-4-3-18-48-20-22-49(23-21-48)41(55)28-58-35-14-15-36-39(26-35)47(2)46-43(36)50-19-17-40(54)45-44(50)56/h5-16,25-26,52-53H,3-4,17-24,27-28H2,1-2H3,(H,45,54,56). The summed E-state index contributed by atoms with van der Waals surface area (Å²) in [4.78, 5) is 42.7. The fourth-order valence-electron chi connectivity index (χ4n) is 7.90. The van der Waals surface area contributed by atoms with Crippen molar-refractivity contribution in [2.45, 2.75) is 32.7 Å². The number of carbonyl (C=O) groups is 3. The van der Waals surface area contributed by atoms with Crippen molar-refractivity contribution < 1.29 is 34.1 Å². The Kier molecular flexibility index (Phi) is 10.9. The minimum Gasteiger partial charge on any atom is -0.508 e. The molecule has 58 heavy (non-hydrogen) atoms. The highest BCUT2D eigenvalue weighted by Gasteiger charge is 2.28. The Morgan fingerprint density at radius 3 is 2.29 bits per heavy atom. The van der Waals surface area contributed by atoms with Gasteiger partial charge >= 0.3 is 6.03 Å². The van der Waals surface area contributed by atoms with Crippen LogP contribution in [0.2, 0.25) is 0 Å². The van der Waals surface area contributed by atoms with Gasteiger partial charge in [0, 0.05) is 75.1 Å². The van der Waals surface area contributed by atoms with Crippen molar-refractivity contribution in [3.8, 4) is 34.3 Å². The molecule has 14 nitrogen and oxygen atoms in total. The molecule has 2 aromatic heterocycles. The number of nitrogens with one attached hydrogen (secondary N) is 1. The van der Waals surface area contributed by atoms with Crippen LogP contribution in [0.5, 0.6) is 23.0 Å². The molecular formula is C44H47N7O7. The first-order chi connectivity index (χ1) is 28.1. The number of aromatic hydroxyl groups is 2. The lowest BCUT2D eigenvalue weighted by molar-refractivity contribution is -0.135. The number of aromatic nitrogens is 3. The van der Waals surface area contributed by atoms with Crippen molar-refractivity contribution in [2.24, 2.45) is 7.05 Å². The Bertz CT molecular complexity index is 2470. The fourth-order valence-corrected chi connectivity index (χ4v) is 7.90. The fraction of sp³-hybridized carbons (Fsp3) is 0.318. The maximum Gasteiger partial charge on any atom is 0.329 e. The highest BCUT2D eigenvalue weighted by Crippen LogP contribution is 2.36. The SMILES string of the molecule is Cc1c(-c2ccc(O)cc2)n(Cc2ccc(OCCCCN3CCN(C(=O)COc4ccc5c(N6CCC(=O)NC6=O)nn(C)c5c4)CC3)cc2)c2ccc(O)cc12.